The first-order valence-corrected chi connectivity index (χ1v) is 11.2. The van der Waals surface area contributed by atoms with Crippen LogP contribution in [0.25, 0.3) is 0 Å². The maximum Gasteiger partial charge on any atom is 0.226 e. The van der Waals surface area contributed by atoms with Crippen molar-refractivity contribution in [3.8, 4) is 0 Å². The molecule has 0 radical (unpaired) electrons. The molecular weight excluding hydrogens is 376 g/mol. The van der Waals surface area contributed by atoms with Crippen LogP contribution in [-0.2, 0) is 24.2 Å². The van der Waals surface area contributed by atoms with E-state index in [2.05, 4.69) is 67.0 Å². The topological polar surface area (TPSA) is 62.5 Å². The Labute approximate surface area is 180 Å². The van der Waals surface area contributed by atoms with Gasteiger partial charge in [-0.2, -0.15) is 4.98 Å². The predicted molar refractivity (Wildman–Crippen MR) is 118 cm³/mol. The van der Waals surface area contributed by atoms with Crippen LogP contribution < -0.4 is 0 Å². The van der Waals surface area contributed by atoms with Crippen LogP contribution in [0.1, 0.15) is 69.8 Å². The molecular formula is C24H36N4O2. The average Bonchev–Trinajstić information content (AvgIpc) is 3.31. The van der Waals surface area contributed by atoms with Gasteiger partial charge in [0.1, 0.15) is 0 Å². The molecule has 3 rings (SSSR count). The van der Waals surface area contributed by atoms with Crippen molar-refractivity contribution in [1.82, 2.24) is 19.9 Å². The molecule has 6 nitrogen and oxygen atoms in total. The normalized spacial score (nSPS) is 17.2. The molecule has 1 aliphatic rings. The zero-order valence-corrected chi connectivity index (χ0v) is 19.1. The molecule has 0 saturated carbocycles. The van der Waals surface area contributed by atoms with Crippen LogP contribution >= 0.6 is 0 Å². The molecule has 1 aromatic heterocycles. The van der Waals surface area contributed by atoms with E-state index in [4.69, 9.17) is 4.52 Å². The van der Waals surface area contributed by atoms with Crippen LogP contribution in [-0.4, -0.2) is 51.5 Å². The summed E-state index contributed by atoms with van der Waals surface area (Å²) < 4.78 is 5.33. The van der Waals surface area contributed by atoms with E-state index >= 15 is 0 Å². The summed E-state index contributed by atoms with van der Waals surface area (Å²) in [4.78, 5) is 21.2. The Morgan fingerprint density at radius 2 is 1.97 bits per heavy atom. The van der Waals surface area contributed by atoms with Crippen molar-refractivity contribution in [1.29, 1.82) is 0 Å². The molecule has 0 aliphatic carbocycles. The van der Waals surface area contributed by atoms with E-state index in [9.17, 15) is 4.79 Å². The highest BCUT2D eigenvalue weighted by Crippen LogP contribution is 2.20. The molecule has 164 valence electrons. The van der Waals surface area contributed by atoms with Gasteiger partial charge < -0.3 is 9.42 Å². The highest BCUT2D eigenvalue weighted by Gasteiger charge is 2.29. The number of hydrogen-bond donors (Lipinski definition) is 0. The van der Waals surface area contributed by atoms with Crippen molar-refractivity contribution in [3.05, 3.63) is 47.1 Å². The molecule has 1 unspecified atom stereocenters. The van der Waals surface area contributed by atoms with Crippen molar-refractivity contribution >= 4 is 5.91 Å². The minimum absolute atomic E-state index is 0.119. The van der Waals surface area contributed by atoms with E-state index in [0.717, 1.165) is 32.5 Å². The third-order valence-corrected chi connectivity index (χ3v) is 5.81. The number of aromatic nitrogens is 2. The number of amides is 1. The first-order valence-electron chi connectivity index (χ1n) is 11.2. The van der Waals surface area contributed by atoms with Crippen molar-refractivity contribution in [2.45, 2.75) is 72.4 Å². The number of hydrogen-bond acceptors (Lipinski definition) is 5. The summed E-state index contributed by atoms with van der Waals surface area (Å²) >= 11 is 0. The van der Waals surface area contributed by atoms with E-state index in [-0.39, 0.29) is 11.9 Å². The Bertz CT molecular complexity index is 813. The second-order valence-electron chi connectivity index (χ2n) is 9.24. The Morgan fingerprint density at radius 3 is 2.60 bits per heavy atom. The van der Waals surface area contributed by atoms with Crippen molar-refractivity contribution in [2.24, 2.45) is 5.92 Å². The molecule has 1 fully saturated rings. The molecule has 1 aliphatic heterocycles. The molecule has 1 saturated heterocycles. The average molecular weight is 413 g/mol. The first kappa shape index (κ1) is 22.5. The van der Waals surface area contributed by atoms with Crippen molar-refractivity contribution in [3.63, 3.8) is 0 Å². The molecule has 0 bridgehead atoms. The molecule has 2 aromatic rings. The second-order valence-corrected chi connectivity index (χ2v) is 9.24. The third-order valence-electron chi connectivity index (χ3n) is 5.81. The molecule has 1 amide bonds. The van der Waals surface area contributed by atoms with Crippen molar-refractivity contribution in [2.75, 3.05) is 19.6 Å². The lowest BCUT2D eigenvalue weighted by atomic mass is 10.0. The van der Waals surface area contributed by atoms with Gasteiger partial charge in [-0.05, 0) is 29.4 Å². The SMILES string of the molecule is CC(=O)N(CCc1noc(CC(C)C)n1)C1CCN(Cc2ccc(C(C)C)cc2)C1. The monoisotopic (exact) mass is 412 g/mol. The Hall–Kier alpha value is -2.21. The summed E-state index contributed by atoms with van der Waals surface area (Å²) in [6.45, 7) is 13.9. The minimum atomic E-state index is 0.119. The van der Waals surface area contributed by atoms with E-state index in [1.807, 2.05) is 4.90 Å². The smallest absolute Gasteiger partial charge is 0.226 e. The highest BCUT2D eigenvalue weighted by atomic mass is 16.5. The number of rotatable bonds is 9. The fourth-order valence-electron chi connectivity index (χ4n) is 4.12. The van der Waals surface area contributed by atoms with Gasteiger partial charge in [0.15, 0.2) is 5.82 Å². The fraction of sp³-hybridized carbons (Fsp3) is 0.625. The number of carbonyl (C=O) groups is 1. The summed E-state index contributed by atoms with van der Waals surface area (Å²) in [5.74, 6) is 2.54. The summed E-state index contributed by atoms with van der Waals surface area (Å²) in [5.41, 5.74) is 2.71. The van der Waals surface area contributed by atoms with Gasteiger partial charge in [-0.15, -0.1) is 0 Å². The first-order chi connectivity index (χ1) is 14.3. The number of nitrogens with zero attached hydrogens (tertiary/aromatic N) is 4. The van der Waals surface area contributed by atoms with E-state index < -0.39 is 0 Å². The quantitative estimate of drug-likeness (QED) is 0.622. The van der Waals surface area contributed by atoms with E-state index in [0.29, 0.717) is 36.5 Å². The summed E-state index contributed by atoms with van der Waals surface area (Å²) in [5, 5.41) is 4.08. The van der Waals surface area contributed by atoms with Crippen LogP contribution in [0.3, 0.4) is 0 Å². The van der Waals surface area contributed by atoms with E-state index in [1.165, 1.54) is 11.1 Å². The molecule has 0 spiro atoms. The van der Waals surface area contributed by atoms with Gasteiger partial charge in [0.05, 0.1) is 0 Å². The number of carbonyl (C=O) groups excluding carboxylic acids is 1. The maximum absolute atomic E-state index is 12.3. The Balaban J connectivity index is 1.53. The molecule has 1 atom stereocenters. The van der Waals surface area contributed by atoms with Gasteiger partial charge in [0.25, 0.3) is 0 Å². The Morgan fingerprint density at radius 1 is 1.23 bits per heavy atom. The van der Waals surface area contributed by atoms with Crippen LogP contribution in [0.5, 0.6) is 0 Å². The summed E-state index contributed by atoms with van der Waals surface area (Å²) in [6.07, 6.45) is 2.43. The van der Waals surface area contributed by atoms with Gasteiger partial charge in [-0.1, -0.05) is 57.1 Å². The lowest BCUT2D eigenvalue weighted by Gasteiger charge is -2.28. The lowest BCUT2D eigenvalue weighted by Crippen LogP contribution is -2.42. The molecule has 0 N–H and O–H groups in total. The van der Waals surface area contributed by atoms with Crippen LogP contribution in [0, 0.1) is 5.92 Å². The zero-order chi connectivity index (χ0) is 21.7. The molecule has 30 heavy (non-hydrogen) atoms. The van der Waals surface area contributed by atoms with Gasteiger partial charge in [0.2, 0.25) is 11.8 Å². The van der Waals surface area contributed by atoms with Gasteiger partial charge in [-0.3, -0.25) is 9.69 Å². The number of benzene rings is 1. The van der Waals surface area contributed by atoms with Gasteiger partial charge >= 0.3 is 0 Å². The molecule has 6 heteroatoms. The lowest BCUT2D eigenvalue weighted by molar-refractivity contribution is -0.130. The van der Waals surface area contributed by atoms with Crippen LogP contribution in [0.15, 0.2) is 28.8 Å². The third kappa shape index (κ3) is 6.14. The van der Waals surface area contributed by atoms with Gasteiger partial charge in [-0.25, -0.2) is 0 Å². The molecule has 2 heterocycles. The zero-order valence-electron chi connectivity index (χ0n) is 19.1. The summed E-state index contributed by atoms with van der Waals surface area (Å²) in [7, 11) is 0. The summed E-state index contributed by atoms with van der Waals surface area (Å²) in [6, 6.07) is 9.17. The minimum Gasteiger partial charge on any atom is -0.339 e. The van der Waals surface area contributed by atoms with Crippen LogP contribution in [0.2, 0.25) is 0 Å². The largest absolute Gasteiger partial charge is 0.339 e. The molecule has 1 aromatic carbocycles. The van der Waals surface area contributed by atoms with Crippen LogP contribution in [0.4, 0.5) is 0 Å². The van der Waals surface area contributed by atoms with Gasteiger partial charge in [0, 0.05) is 52.0 Å². The Kier molecular flexibility index (Phi) is 7.64. The standard InChI is InChI=1S/C24H36N4O2/c1-17(2)14-24-25-23(26-30-24)11-13-28(19(5)29)22-10-12-27(16-22)15-20-6-8-21(9-7-20)18(3)4/h6-9,17-18,22H,10-16H2,1-5H3. The fourth-order valence-corrected chi connectivity index (χ4v) is 4.12. The van der Waals surface area contributed by atoms with Crippen molar-refractivity contribution < 1.29 is 9.32 Å². The highest BCUT2D eigenvalue weighted by molar-refractivity contribution is 5.73. The second kappa shape index (κ2) is 10.2. The number of likely N-dealkylation sites (tertiary alicyclic amines) is 1. The maximum atomic E-state index is 12.3. The predicted octanol–water partition coefficient (Wildman–Crippen LogP) is 4.06. The van der Waals surface area contributed by atoms with E-state index in [1.54, 1.807) is 6.92 Å².